The normalized spacial score (nSPS) is 14.0. The van der Waals surface area contributed by atoms with Crippen molar-refractivity contribution in [3.8, 4) is 0 Å². The molecule has 3 heteroatoms. The Labute approximate surface area is 115 Å². The Bertz CT molecular complexity index is 477. The zero-order chi connectivity index (χ0) is 13.4. The molecule has 2 N–H and O–H groups in total. The maximum atomic E-state index is 5.07. The molecular weight excluding hydrogens is 240 g/mol. The fourth-order valence-electron chi connectivity index (χ4n) is 1.86. The van der Waals surface area contributed by atoms with Crippen LogP contribution in [0.15, 0.2) is 42.7 Å². The Balaban J connectivity index is 2.83. The van der Waals surface area contributed by atoms with Gasteiger partial charge in [-0.2, -0.15) is 0 Å². The predicted octanol–water partition coefficient (Wildman–Crippen LogP) is 5.03. The van der Waals surface area contributed by atoms with Crippen LogP contribution in [0.5, 0.6) is 0 Å². The van der Waals surface area contributed by atoms with Gasteiger partial charge in [0.25, 0.3) is 0 Å². The van der Waals surface area contributed by atoms with Gasteiger partial charge in [0.1, 0.15) is 0 Å². The number of rotatable bonds is 7. The molecule has 1 rings (SSSR count). The Kier molecular flexibility index (Phi) is 6.44. The van der Waals surface area contributed by atoms with Gasteiger partial charge in [0.15, 0.2) is 4.77 Å². The molecule has 0 fully saturated rings. The van der Waals surface area contributed by atoms with Crippen molar-refractivity contribution in [3.63, 3.8) is 0 Å². The van der Waals surface area contributed by atoms with E-state index >= 15 is 0 Å². The predicted molar refractivity (Wildman–Crippen MR) is 81.3 cm³/mol. The number of allylic oxidation sites excluding steroid dienone is 5. The second-order valence-corrected chi connectivity index (χ2v) is 4.75. The van der Waals surface area contributed by atoms with Gasteiger partial charge in [-0.1, -0.05) is 36.8 Å². The highest BCUT2D eigenvalue weighted by molar-refractivity contribution is 7.71. The molecule has 0 aliphatic heterocycles. The van der Waals surface area contributed by atoms with E-state index in [1.165, 1.54) is 5.57 Å². The molecule has 1 heterocycles. The van der Waals surface area contributed by atoms with E-state index in [0.717, 1.165) is 25.0 Å². The molecule has 0 amide bonds. The minimum atomic E-state index is 0.360. The van der Waals surface area contributed by atoms with E-state index in [4.69, 9.17) is 12.2 Å². The van der Waals surface area contributed by atoms with Crippen LogP contribution >= 0.6 is 12.2 Å². The Hall–Kier alpha value is -1.35. The molecule has 0 aliphatic carbocycles. The molecule has 98 valence electrons. The number of nitrogens with one attached hydrogen (secondary N) is 2. The van der Waals surface area contributed by atoms with Gasteiger partial charge in [-0.05, 0) is 38.4 Å². The summed E-state index contributed by atoms with van der Waals surface area (Å²) < 4.78 is 0.688. The highest BCUT2D eigenvalue weighted by atomic mass is 32.1. The minimum absolute atomic E-state index is 0.360. The second kappa shape index (κ2) is 7.88. The molecule has 2 nitrogen and oxygen atoms in total. The van der Waals surface area contributed by atoms with Gasteiger partial charge >= 0.3 is 0 Å². The molecule has 18 heavy (non-hydrogen) atoms. The molecular formula is C15H22N2S. The number of imidazole rings is 1. The van der Waals surface area contributed by atoms with E-state index < -0.39 is 0 Å². The molecule has 1 atom stereocenters. The number of aromatic nitrogens is 2. The lowest BCUT2D eigenvalue weighted by Crippen LogP contribution is -1.98. The number of unbranched alkanes of at least 4 members (excludes halogenated alkanes) is 1. The Morgan fingerprint density at radius 1 is 1.50 bits per heavy atom. The first-order valence-corrected chi connectivity index (χ1v) is 6.78. The summed E-state index contributed by atoms with van der Waals surface area (Å²) in [6.45, 7) is 8.02. The highest BCUT2D eigenvalue weighted by Gasteiger charge is 2.11. The van der Waals surface area contributed by atoms with Gasteiger partial charge in [0.05, 0.1) is 0 Å². The first-order valence-electron chi connectivity index (χ1n) is 6.37. The van der Waals surface area contributed by atoms with E-state index in [9.17, 15) is 0 Å². The zero-order valence-electron chi connectivity index (χ0n) is 11.2. The second-order valence-electron chi connectivity index (χ2n) is 4.34. The molecule has 0 spiro atoms. The summed E-state index contributed by atoms with van der Waals surface area (Å²) in [7, 11) is 0. The van der Waals surface area contributed by atoms with E-state index in [-0.39, 0.29) is 0 Å². The summed E-state index contributed by atoms with van der Waals surface area (Å²) in [5.41, 5.74) is 2.56. The van der Waals surface area contributed by atoms with Crippen LogP contribution in [-0.2, 0) is 0 Å². The topological polar surface area (TPSA) is 31.6 Å². The lowest BCUT2D eigenvalue weighted by molar-refractivity contribution is 0.817. The van der Waals surface area contributed by atoms with Crippen LogP contribution < -0.4 is 0 Å². The van der Waals surface area contributed by atoms with Gasteiger partial charge in [-0.25, -0.2) is 0 Å². The van der Waals surface area contributed by atoms with E-state index in [1.54, 1.807) is 0 Å². The van der Waals surface area contributed by atoms with Gasteiger partial charge in [-0.3, -0.25) is 0 Å². The van der Waals surface area contributed by atoms with E-state index in [1.807, 2.05) is 12.3 Å². The highest BCUT2D eigenvalue weighted by Crippen LogP contribution is 2.25. The van der Waals surface area contributed by atoms with Crippen LogP contribution in [0, 0.1) is 4.77 Å². The van der Waals surface area contributed by atoms with Crippen molar-refractivity contribution in [2.24, 2.45) is 0 Å². The maximum absolute atomic E-state index is 5.07. The average molecular weight is 262 g/mol. The summed E-state index contributed by atoms with van der Waals surface area (Å²) in [4.78, 5) is 6.22. The number of aromatic amines is 2. The van der Waals surface area contributed by atoms with Crippen LogP contribution in [0.25, 0.3) is 0 Å². The monoisotopic (exact) mass is 262 g/mol. The van der Waals surface area contributed by atoms with Gasteiger partial charge in [0, 0.05) is 17.8 Å². The molecule has 0 radical (unpaired) electrons. The number of hydrogen-bond donors (Lipinski definition) is 2. The summed E-state index contributed by atoms with van der Waals surface area (Å²) in [5, 5.41) is 0. The van der Waals surface area contributed by atoms with Crippen LogP contribution in [0.4, 0.5) is 0 Å². The summed E-state index contributed by atoms with van der Waals surface area (Å²) in [6, 6.07) is 0. The van der Waals surface area contributed by atoms with E-state index in [0.29, 0.717) is 10.7 Å². The van der Waals surface area contributed by atoms with Crippen molar-refractivity contribution < 1.29 is 0 Å². The zero-order valence-corrected chi connectivity index (χ0v) is 12.0. The fourth-order valence-corrected chi connectivity index (χ4v) is 2.03. The van der Waals surface area contributed by atoms with Gasteiger partial charge in [-0.15, -0.1) is 6.58 Å². The smallest absolute Gasteiger partial charge is 0.174 e. The van der Waals surface area contributed by atoms with Crippen LogP contribution in [0.2, 0.25) is 0 Å². The largest absolute Gasteiger partial charge is 0.337 e. The minimum Gasteiger partial charge on any atom is -0.337 e. The SMILES string of the molecule is C=CCC/C=C(\C/C=C\C)C(C)c1c[nH]c(=S)[nH]1. The molecule has 0 saturated carbocycles. The van der Waals surface area contributed by atoms with E-state index in [2.05, 4.69) is 48.6 Å². The van der Waals surface area contributed by atoms with Crippen molar-refractivity contribution in [1.82, 2.24) is 9.97 Å². The summed E-state index contributed by atoms with van der Waals surface area (Å²) >= 11 is 5.07. The standard InChI is InChI=1S/C15H22N2S/c1-4-6-8-10-13(9-7-5-2)12(3)14-11-16-15(18)17-14/h4-5,7,10-12H,1,6,8-9H2,2-3H3,(H2,16,17,18)/b7-5-,13-10+. The first kappa shape index (κ1) is 14.7. The molecule has 0 bridgehead atoms. The van der Waals surface area contributed by atoms with Crippen LogP contribution in [0.3, 0.4) is 0 Å². The Morgan fingerprint density at radius 3 is 2.83 bits per heavy atom. The molecule has 1 unspecified atom stereocenters. The lowest BCUT2D eigenvalue weighted by atomic mass is 9.94. The molecule has 0 saturated heterocycles. The van der Waals surface area contributed by atoms with Crippen molar-refractivity contribution in [2.45, 2.75) is 39.0 Å². The average Bonchev–Trinajstić information content (AvgIpc) is 2.79. The lowest BCUT2D eigenvalue weighted by Gasteiger charge is -2.13. The molecule has 0 aliphatic rings. The number of H-pyrrole nitrogens is 2. The third-order valence-electron chi connectivity index (χ3n) is 3.01. The summed E-state index contributed by atoms with van der Waals surface area (Å²) in [6.07, 6.45) is 13.6. The van der Waals surface area contributed by atoms with Crippen molar-refractivity contribution in [3.05, 3.63) is 53.1 Å². The molecule has 0 aromatic carbocycles. The fraction of sp³-hybridized carbons (Fsp3) is 0.400. The van der Waals surface area contributed by atoms with Crippen LogP contribution in [0.1, 0.15) is 44.7 Å². The summed E-state index contributed by atoms with van der Waals surface area (Å²) in [5.74, 6) is 0.360. The Morgan fingerprint density at radius 2 is 2.28 bits per heavy atom. The first-order chi connectivity index (χ1) is 8.69. The molecule has 1 aromatic rings. The quantitative estimate of drug-likeness (QED) is 0.403. The van der Waals surface area contributed by atoms with Crippen molar-refractivity contribution in [2.75, 3.05) is 0 Å². The third-order valence-corrected chi connectivity index (χ3v) is 3.23. The van der Waals surface area contributed by atoms with Gasteiger partial charge < -0.3 is 9.97 Å². The maximum Gasteiger partial charge on any atom is 0.174 e. The molecule has 1 aromatic heterocycles. The van der Waals surface area contributed by atoms with Gasteiger partial charge in [0.2, 0.25) is 0 Å². The van der Waals surface area contributed by atoms with Crippen molar-refractivity contribution in [1.29, 1.82) is 0 Å². The van der Waals surface area contributed by atoms with Crippen molar-refractivity contribution >= 4 is 12.2 Å². The number of hydrogen-bond acceptors (Lipinski definition) is 1. The van der Waals surface area contributed by atoms with Crippen LogP contribution in [-0.4, -0.2) is 9.97 Å². The third kappa shape index (κ3) is 4.49.